The minimum absolute atomic E-state index is 0.585. The van der Waals surface area contributed by atoms with Crippen LogP contribution in [0.15, 0.2) is 24.7 Å². The van der Waals surface area contributed by atoms with Gasteiger partial charge in [0.15, 0.2) is 5.82 Å². The lowest BCUT2D eigenvalue weighted by atomic mass is 10.1. The van der Waals surface area contributed by atoms with E-state index < -0.39 is 0 Å². The summed E-state index contributed by atoms with van der Waals surface area (Å²) in [6.45, 7) is 1.86. The Bertz CT molecular complexity index is 521. The second-order valence-corrected chi connectivity index (χ2v) is 4.83. The molecular weight excluding hydrogens is 226 g/mol. The van der Waals surface area contributed by atoms with E-state index in [1.165, 1.54) is 12.8 Å². The number of nitrogens with zero attached hydrogens (tertiary/aromatic N) is 4. The van der Waals surface area contributed by atoms with E-state index in [1.807, 2.05) is 29.2 Å². The van der Waals surface area contributed by atoms with E-state index in [2.05, 4.69) is 15.0 Å². The smallest absolute Gasteiger partial charge is 0.154 e. The summed E-state index contributed by atoms with van der Waals surface area (Å²) in [5.74, 6) is 1.06. The third kappa shape index (κ3) is 1.95. The standard InChI is InChI=1S/C13H19N5/c14-6-1-3-11-4-2-9-17(11)13-12-5-7-16-18(12)10-8-15-13/h5,7-8,10-11H,1-4,6,9,14H2. The Kier molecular flexibility index (Phi) is 3.15. The average Bonchev–Trinajstić information content (AvgIpc) is 3.04. The topological polar surface area (TPSA) is 59.5 Å². The molecule has 0 aliphatic carbocycles. The van der Waals surface area contributed by atoms with E-state index in [4.69, 9.17) is 5.73 Å². The summed E-state index contributed by atoms with van der Waals surface area (Å²) in [4.78, 5) is 6.98. The molecule has 0 amide bonds. The van der Waals surface area contributed by atoms with Crippen LogP contribution in [0, 0.1) is 0 Å². The minimum atomic E-state index is 0.585. The predicted molar refractivity (Wildman–Crippen MR) is 71.6 cm³/mol. The van der Waals surface area contributed by atoms with Gasteiger partial charge >= 0.3 is 0 Å². The molecule has 1 saturated heterocycles. The fourth-order valence-corrected chi connectivity index (χ4v) is 2.83. The van der Waals surface area contributed by atoms with Crippen molar-refractivity contribution < 1.29 is 0 Å². The Morgan fingerprint density at radius 1 is 1.39 bits per heavy atom. The van der Waals surface area contributed by atoms with Crippen LogP contribution in [0.5, 0.6) is 0 Å². The number of rotatable bonds is 4. The molecule has 2 aromatic heterocycles. The third-order valence-corrected chi connectivity index (χ3v) is 3.69. The monoisotopic (exact) mass is 245 g/mol. The largest absolute Gasteiger partial charge is 0.352 e. The van der Waals surface area contributed by atoms with Gasteiger partial charge < -0.3 is 10.6 Å². The van der Waals surface area contributed by atoms with E-state index in [-0.39, 0.29) is 0 Å². The average molecular weight is 245 g/mol. The molecule has 1 unspecified atom stereocenters. The van der Waals surface area contributed by atoms with E-state index in [1.54, 1.807) is 0 Å². The Balaban J connectivity index is 1.90. The van der Waals surface area contributed by atoms with Crippen molar-refractivity contribution in [3.05, 3.63) is 24.7 Å². The summed E-state index contributed by atoms with van der Waals surface area (Å²) in [5.41, 5.74) is 6.71. The van der Waals surface area contributed by atoms with Crippen LogP contribution in [0.3, 0.4) is 0 Å². The van der Waals surface area contributed by atoms with Crippen LogP contribution in [0.4, 0.5) is 5.82 Å². The molecule has 5 nitrogen and oxygen atoms in total. The Labute approximate surface area is 107 Å². The van der Waals surface area contributed by atoms with Crippen molar-refractivity contribution in [2.24, 2.45) is 5.73 Å². The zero-order chi connectivity index (χ0) is 12.4. The highest BCUT2D eigenvalue weighted by molar-refractivity contribution is 5.68. The molecule has 3 rings (SSSR count). The second kappa shape index (κ2) is 4.94. The van der Waals surface area contributed by atoms with Crippen molar-refractivity contribution in [2.45, 2.75) is 31.7 Å². The number of fused-ring (bicyclic) bond motifs is 1. The molecule has 1 aliphatic rings. The number of hydrogen-bond donors (Lipinski definition) is 1. The molecule has 2 N–H and O–H groups in total. The van der Waals surface area contributed by atoms with Crippen LogP contribution < -0.4 is 10.6 Å². The number of aromatic nitrogens is 3. The van der Waals surface area contributed by atoms with E-state index in [0.717, 1.165) is 37.3 Å². The SMILES string of the molecule is NCCCC1CCCN1c1nccn2nccc12. The van der Waals surface area contributed by atoms with Crippen molar-refractivity contribution in [3.63, 3.8) is 0 Å². The maximum absolute atomic E-state index is 5.62. The first kappa shape index (κ1) is 11.5. The maximum atomic E-state index is 5.62. The van der Waals surface area contributed by atoms with Gasteiger partial charge in [-0.15, -0.1) is 0 Å². The lowest BCUT2D eigenvalue weighted by molar-refractivity contribution is 0.582. The van der Waals surface area contributed by atoms with Gasteiger partial charge in [-0.3, -0.25) is 0 Å². The number of nitrogens with two attached hydrogens (primary N) is 1. The fourth-order valence-electron chi connectivity index (χ4n) is 2.83. The van der Waals surface area contributed by atoms with Crippen molar-refractivity contribution in [3.8, 4) is 0 Å². The highest BCUT2D eigenvalue weighted by Crippen LogP contribution is 2.29. The number of hydrogen-bond acceptors (Lipinski definition) is 4. The van der Waals surface area contributed by atoms with Gasteiger partial charge in [0.25, 0.3) is 0 Å². The molecule has 0 radical (unpaired) electrons. The van der Waals surface area contributed by atoms with E-state index in [9.17, 15) is 0 Å². The van der Waals surface area contributed by atoms with Crippen molar-refractivity contribution in [1.82, 2.24) is 14.6 Å². The van der Waals surface area contributed by atoms with Crippen LogP contribution in [0.25, 0.3) is 5.52 Å². The zero-order valence-corrected chi connectivity index (χ0v) is 10.5. The second-order valence-electron chi connectivity index (χ2n) is 4.83. The first-order chi connectivity index (χ1) is 8.90. The van der Waals surface area contributed by atoms with Gasteiger partial charge in [0.05, 0.1) is 6.20 Å². The highest BCUT2D eigenvalue weighted by atomic mass is 15.3. The van der Waals surface area contributed by atoms with Gasteiger partial charge in [0, 0.05) is 25.0 Å². The molecule has 0 saturated carbocycles. The van der Waals surface area contributed by atoms with Crippen molar-refractivity contribution in [2.75, 3.05) is 18.0 Å². The van der Waals surface area contributed by atoms with Crippen LogP contribution in [0.2, 0.25) is 0 Å². The lowest BCUT2D eigenvalue weighted by Gasteiger charge is -2.26. The molecule has 2 aromatic rings. The normalized spacial score (nSPS) is 19.8. The van der Waals surface area contributed by atoms with Gasteiger partial charge in [0.2, 0.25) is 0 Å². The van der Waals surface area contributed by atoms with E-state index >= 15 is 0 Å². The Morgan fingerprint density at radius 3 is 3.22 bits per heavy atom. The molecule has 3 heterocycles. The van der Waals surface area contributed by atoms with Crippen LogP contribution in [0.1, 0.15) is 25.7 Å². The van der Waals surface area contributed by atoms with Gasteiger partial charge in [-0.25, -0.2) is 9.50 Å². The molecule has 5 heteroatoms. The van der Waals surface area contributed by atoms with Crippen molar-refractivity contribution in [1.29, 1.82) is 0 Å². The summed E-state index contributed by atoms with van der Waals surface area (Å²) in [5, 5.41) is 4.27. The quantitative estimate of drug-likeness (QED) is 0.885. The first-order valence-electron chi connectivity index (χ1n) is 6.65. The summed E-state index contributed by atoms with van der Waals surface area (Å²) in [7, 11) is 0. The molecule has 0 spiro atoms. The summed E-state index contributed by atoms with van der Waals surface area (Å²) < 4.78 is 1.89. The molecule has 96 valence electrons. The summed E-state index contributed by atoms with van der Waals surface area (Å²) in [6.07, 6.45) is 10.3. The molecule has 1 aliphatic heterocycles. The molecule has 1 atom stereocenters. The number of anilines is 1. The minimum Gasteiger partial charge on any atom is -0.352 e. The van der Waals surface area contributed by atoms with Crippen LogP contribution in [-0.2, 0) is 0 Å². The van der Waals surface area contributed by atoms with Gasteiger partial charge in [0.1, 0.15) is 5.52 Å². The Hall–Kier alpha value is -1.62. The van der Waals surface area contributed by atoms with Gasteiger partial charge in [-0.05, 0) is 38.3 Å². The molecule has 1 fully saturated rings. The maximum Gasteiger partial charge on any atom is 0.154 e. The third-order valence-electron chi connectivity index (χ3n) is 3.69. The zero-order valence-electron chi connectivity index (χ0n) is 10.5. The molecular formula is C13H19N5. The lowest BCUT2D eigenvalue weighted by Crippen LogP contribution is -2.30. The predicted octanol–water partition coefficient (Wildman–Crippen LogP) is 1.44. The van der Waals surface area contributed by atoms with E-state index in [0.29, 0.717) is 6.04 Å². The van der Waals surface area contributed by atoms with Crippen LogP contribution in [-0.4, -0.2) is 33.7 Å². The van der Waals surface area contributed by atoms with Gasteiger partial charge in [-0.2, -0.15) is 5.10 Å². The molecule has 18 heavy (non-hydrogen) atoms. The first-order valence-corrected chi connectivity index (χ1v) is 6.65. The summed E-state index contributed by atoms with van der Waals surface area (Å²) in [6, 6.07) is 2.61. The van der Waals surface area contributed by atoms with Crippen LogP contribution >= 0.6 is 0 Å². The molecule has 0 aromatic carbocycles. The Morgan fingerprint density at radius 2 is 2.33 bits per heavy atom. The van der Waals surface area contributed by atoms with Crippen molar-refractivity contribution >= 4 is 11.3 Å². The fraction of sp³-hybridized carbons (Fsp3) is 0.538. The van der Waals surface area contributed by atoms with Gasteiger partial charge in [-0.1, -0.05) is 0 Å². The highest BCUT2D eigenvalue weighted by Gasteiger charge is 2.26. The molecule has 0 bridgehead atoms. The summed E-state index contributed by atoms with van der Waals surface area (Å²) >= 11 is 0.